The summed E-state index contributed by atoms with van der Waals surface area (Å²) in [6.07, 6.45) is -0.151. The van der Waals surface area contributed by atoms with Crippen LogP contribution in [-0.4, -0.2) is 84.3 Å². The first-order valence-corrected chi connectivity index (χ1v) is 14.5. The van der Waals surface area contributed by atoms with E-state index in [4.69, 9.17) is 9.47 Å². The Kier molecular flexibility index (Phi) is 9.79. The van der Waals surface area contributed by atoms with E-state index in [2.05, 4.69) is 25.3 Å². The molecular weight excluding hydrogens is 558 g/mol. The zero-order valence-electron chi connectivity index (χ0n) is 23.5. The number of nitrogens with one attached hydrogen (secondary N) is 2. The second kappa shape index (κ2) is 13.5. The van der Waals surface area contributed by atoms with E-state index in [0.717, 1.165) is 37.7 Å². The molecule has 42 heavy (non-hydrogen) atoms. The van der Waals surface area contributed by atoms with Crippen molar-refractivity contribution < 1.29 is 36.6 Å². The summed E-state index contributed by atoms with van der Waals surface area (Å²) in [4.78, 5) is 23.7. The SMILES string of the molecule is Cc1c(NC[C@H]2CCC[C@@H](c3ccc(OC(F)(F)F)cc3)O2)ncnc1C(=O)N1CCC(N[C@H]2CCOC[C@H]2F)CC1. The standard InChI is InChI=1S/C29H37F4N5O4/c1-18-26(28(39)38-12-9-20(10-13-38)37-24-11-14-40-16-23(24)30)35-17-36-27(18)34-15-22-3-2-4-25(41-22)19-5-7-21(8-6-19)42-29(31,32)33/h5-8,17,20,22-25,37H,2-4,9-16H2,1H3,(H,34,35,36)/t22-,23-,24+,25+/m1/s1. The van der Waals surface area contributed by atoms with Crippen molar-refractivity contribution in [2.45, 2.75) is 82.3 Å². The summed E-state index contributed by atoms with van der Waals surface area (Å²) in [5, 5.41) is 6.71. The molecule has 5 rings (SSSR count). The number of benzene rings is 1. The Balaban J connectivity index is 1.12. The predicted octanol–water partition coefficient (Wildman–Crippen LogP) is 4.73. The quantitative estimate of drug-likeness (QED) is 0.423. The van der Waals surface area contributed by atoms with Crippen LogP contribution in [0.1, 0.15) is 66.2 Å². The Morgan fingerprint density at radius 2 is 1.86 bits per heavy atom. The molecule has 3 fully saturated rings. The van der Waals surface area contributed by atoms with Crippen LogP contribution in [0.15, 0.2) is 30.6 Å². The number of rotatable bonds is 8. The lowest BCUT2D eigenvalue weighted by Crippen LogP contribution is -2.52. The van der Waals surface area contributed by atoms with Crippen LogP contribution in [-0.2, 0) is 9.47 Å². The first-order chi connectivity index (χ1) is 20.2. The third kappa shape index (κ3) is 7.87. The van der Waals surface area contributed by atoms with Crippen molar-refractivity contribution in [3.05, 3.63) is 47.4 Å². The molecule has 3 aliphatic rings. The number of carbonyl (C=O) groups is 1. The van der Waals surface area contributed by atoms with Crippen molar-refractivity contribution in [3.63, 3.8) is 0 Å². The van der Waals surface area contributed by atoms with E-state index in [0.29, 0.717) is 49.7 Å². The normalized spacial score (nSPS) is 25.7. The molecule has 1 aromatic heterocycles. The molecular formula is C29H37F4N5O4. The lowest BCUT2D eigenvalue weighted by atomic mass is 9.98. The molecule has 1 amide bonds. The van der Waals surface area contributed by atoms with Crippen molar-refractivity contribution in [1.82, 2.24) is 20.2 Å². The Morgan fingerprint density at radius 3 is 2.57 bits per heavy atom. The van der Waals surface area contributed by atoms with Gasteiger partial charge in [0.25, 0.3) is 5.91 Å². The zero-order chi connectivity index (χ0) is 29.7. The number of nitrogens with zero attached hydrogens (tertiary/aromatic N) is 3. The maximum absolute atomic E-state index is 14.1. The van der Waals surface area contributed by atoms with Gasteiger partial charge in [-0.05, 0) is 63.1 Å². The summed E-state index contributed by atoms with van der Waals surface area (Å²) in [6, 6.07) is 5.73. The monoisotopic (exact) mass is 595 g/mol. The van der Waals surface area contributed by atoms with Gasteiger partial charge in [0.15, 0.2) is 0 Å². The first-order valence-electron chi connectivity index (χ1n) is 14.5. The number of alkyl halides is 4. The molecule has 0 spiro atoms. The summed E-state index contributed by atoms with van der Waals surface area (Å²) in [5.41, 5.74) is 1.78. The molecule has 4 atom stereocenters. The first kappa shape index (κ1) is 30.4. The lowest BCUT2D eigenvalue weighted by molar-refractivity contribution is -0.274. The Hall–Kier alpha value is -3.03. The van der Waals surface area contributed by atoms with Gasteiger partial charge in [-0.25, -0.2) is 14.4 Å². The zero-order valence-corrected chi connectivity index (χ0v) is 23.5. The summed E-state index contributed by atoms with van der Waals surface area (Å²) in [6.45, 7) is 4.07. The molecule has 9 nitrogen and oxygen atoms in total. The van der Waals surface area contributed by atoms with Gasteiger partial charge in [-0.3, -0.25) is 4.79 Å². The number of piperidine rings is 1. The van der Waals surface area contributed by atoms with Crippen LogP contribution in [0.3, 0.4) is 0 Å². The van der Waals surface area contributed by atoms with E-state index >= 15 is 0 Å². The molecule has 2 aromatic rings. The van der Waals surface area contributed by atoms with E-state index in [-0.39, 0.29) is 42.6 Å². The Morgan fingerprint density at radius 1 is 1.10 bits per heavy atom. The van der Waals surface area contributed by atoms with Gasteiger partial charge in [-0.15, -0.1) is 13.2 Å². The van der Waals surface area contributed by atoms with Gasteiger partial charge in [-0.1, -0.05) is 12.1 Å². The maximum atomic E-state index is 14.1. The summed E-state index contributed by atoms with van der Waals surface area (Å²) in [5.74, 6) is 0.131. The lowest BCUT2D eigenvalue weighted by Gasteiger charge is -2.36. The van der Waals surface area contributed by atoms with Crippen molar-refractivity contribution in [1.29, 1.82) is 0 Å². The fraction of sp³-hybridized carbons (Fsp3) is 0.621. The minimum Gasteiger partial charge on any atom is -0.406 e. The van der Waals surface area contributed by atoms with Gasteiger partial charge in [0.1, 0.15) is 29.8 Å². The largest absolute Gasteiger partial charge is 0.573 e. The topological polar surface area (TPSA) is 97.8 Å². The minimum atomic E-state index is -4.73. The molecule has 1 aromatic carbocycles. The van der Waals surface area contributed by atoms with E-state index in [9.17, 15) is 22.4 Å². The van der Waals surface area contributed by atoms with Crippen molar-refractivity contribution in [3.8, 4) is 5.75 Å². The van der Waals surface area contributed by atoms with E-state index in [1.807, 2.05) is 6.92 Å². The van der Waals surface area contributed by atoms with Crippen LogP contribution in [0.2, 0.25) is 0 Å². The number of hydrogen-bond donors (Lipinski definition) is 2. The van der Waals surface area contributed by atoms with Gasteiger partial charge in [0, 0.05) is 43.9 Å². The van der Waals surface area contributed by atoms with Crippen molar-refractivity contribution in [2.75, 3.05) is 38.2 Å². The minimum absolute atomic E-state index is 0.129. The molecule has 0 radical (unpaired) electrons. The molecule has 3 saturated heterocycles. The maximum Gasteiger partial charge on any atom is 0.573 e. The fourth-order valence-corrected chi connectivity index (χ4v) is 5.83. The fourth-order valence-electron chi connectivity index (χ4n) is 5.83. The van der Waals surface area contributed by atoms with Crippen molar-refractivity contribution >= 4 is 11.7 Å². The number of hydrogen-bond acceptors (Lipinski definition) is 8. The highest BCUT2D eigenvalue weighted by Crippen LogP contribution is 2.33. The number of anilines is 1. The average molecular weight is 596 g/mol. The third-order valence-electron chi connectivity index (χ3n) is 8.14. The molecule has 13 heteroatoms. The molecule has 3 aliphatic heterocycles. The van der Waals surface area contributed by atoms with Crippen LogP contribution < -0.4 is 15.4 Å². The number of halogens is 4. The molecule has 0 aliphatic carbocycles. The van der Waals surface area contributed by atoms with E-state index in [1.165, 1.54) is 18.5 Å². The molecule has 230 valence electrons. The Bertz CT molecular complexity index is 1190. The van der Waals surface area contributed by atoms with Gasteiger partial charge in [0.2, 0.25) is 0 Å². The van der Waals surface area contributed by atoms with Gasteiger partial charge < -0.3 is 29.7 Å². The Labute approximate surface area is 242 Å². The van der Waals surface area contributed by atoms with E-state index in [1.54, 1.807) is 17.0 Å². The summed E-state index contributed by atoms with van der Waals surface area (Å²) >= 11 is 0. The number of aromatic nitrogens is 2. The number of likely N-dealkylation sites (tertiary alicyclic amines) is 1. The molecule has 2 N–H and O–H groups in total. The predicted molar refractivity (Wildman–Crippen MR) is 146 cm³/mol. The molecule has 0 saturated carbocycles. The van der Waals surface area contributed by atoms with Gasteiger partial charge in [-0.2, -0.15) is 0 Å². The molecule has 4 heterocycles. The van der Waals surface area contributed by atoms with Crippen LogP contribution >= 0.6 is 0 Å². The molecule has 0 bridgehead atoms. The third-order valence-corrected chi connectivity index (χ3v) is 8.14. The van der Waals surface area contributed by atoms with Crippen LogP contribution in [0.25, 0.3) is 0 Å². The smallest absolute Gasteiger partial charge is 0.406 e. The number of ether oxygens (including phenoxy) is 3. The summed E-state index contributed by atoms with van der Waals surface area (Å²) in [7, 11) is 0. The van der Waals surface area contributed by atoms with Crippen molar-refractivity contribution in [2.24, 2.45) is 0 Å². The summed E-state index contributed by atoms with van der Waals surface area (Å²) < 4.78 is 66.9. The number of carbonyl (C=O) groups excluding carboxylic acids is 1. The van der Waals surface area contributed by atoms with E-state index < -0.39 is 12.5 Å². The van der Waals surface area contributed by atoms with Crippen LogP contribution in [0.5, 0.6) is 5.75 Å². The second-order valence-corrected chi connectivity index (χ2v) is 11.1. The highest BCUT2D eigenvalue weighted by atomic mass is 19.4. The van der Waals surface area contributed by atoms with Gasteiger partial charge in [0.05, 0.1) is 18.8 Å². The molecule has 0 unspecified atom stereocenters. The average Bonchev–Trinajstić information content (AvgIpc) is 2.98. The highest BCUT2D eigenvalue weighted by molar-refractivity contribution is 5.94. The highest BCUT2D eigenvalue weighted by Gasteiger charge is 2.32. The van der Waals surface area contributed by atoms with Gasteiger partial charge >= 0.3 is 6.36 Å². The van der Waals surface area contributed by atoms with Crippen LogP contribution in [0, 0.1) is 6.92 Å². The second-order valence-electron chi connectivity index (χ2n) is 11.1. The number of amides is 1. The van der Waals surface area contributed by atoms with Crippen LogP contribution in [0.4, 0.5) is 23.4 Å².